The predicted molar refractivity (Wildman–Crippen MR) is 85.6 cm³/mol. The van der Waals surface area contributed by atoms with E-state index in [4.69, 9.17) is 9.72 Å². The second kappa shape index (κ2) is 5.97. The second-order valence-electron chi connectivity index (χ2n) is 5.92. The highest BCUT2D eigenvalue weighted by molar-refractivity contribution is 7.99. The van der Waals surface area contributed by atoms with E-state index in [0.29, 0.717) is 11.4 Å². The summed E-state index contributed by atoms with van der Waals surface area (Å²) in [5.74, 6) is 2.46. The van der Waals surface area contributed by atoms with Gasteiger partial charge in [0.2, 0.25) is 0 Å². The molecule has 2 unspecified atom stereocenters. The molecule has 2 fully saturated rings. The number of pyridine rings is 1. The zero-order valence-electron chi connectivity index (χ0n) is 12.2. The molecule has 4 rings (SSSR count). The molecule has 4 nitrogen and oxygen atoms in total. The van der Waals surface area contributed by atoms with Gasteiger partial charge >= 0.3 is 0 Å². The van der Waals surface area contributed by atoms with Crippen LogP contribution in [0.15, 0.2) is 18.3 Å². The highest BCUT2D eigenvalue weighted by Crippen LogP contribution is 2.39. The summed E-state index contributed by atoms with van der Waals surface area (Å²) >= 11 is 2.05. The molecule has 0 amide bonds. The van der Waals surface area contributed by atoms with Crippen molar-refractivity contribution >= 4 is 22.9 Å². The molecule has 0 saturated carbocycles. The Morgan fingerprint density at radius 3 is 3.10 bits per heavy atom. The Morgan fingerprint density at radius 1 is 1.29 bits per heavy atom. The van der Waals surface area contributed by atoms with Crippen molar-refractivity contribution in [2.75, 3.05) is 12.4 Å². The lowest BCUT2D eigenvalue weighted by atomic mass is 10.1. The molecular weight excluding hydrogens is 282 g/mol. The van der Waals surface area contributed by atoms with Gasteiger partial charge in [0.05, 0.1) is 17.9 Å². The summed E-state index contributed by atoms with van der Waals surface area (Å²) in [6, 6.07) is 4.05. The first-order valence-corrected chi connectivity index (χ1v) is 9.01. The van der Waals surface area contributed by atoms with Crippen molar-refractivity contribution in [2.24, 2.45) is 0 Å². The van der Waals surface area contributed by atoms with E-state index in [1.165, 1.54) is 37.3 Å². The fourth-order valence-corrected chi connectivity index (χ4v) is 4.66. The standard InChI is InChI=1S/C16H21N3OS/c1-2-10-21-14(7-1)16-18-13-6-3-8-17-15(13)19(16)11-12-5-4-9-20-12/h3,6,8,12,14H,1-2,4-5,7,9-11H2. The molecular formula is C16H21N3OS. The Kier molecular flexibility index (Phi) is 3.86. The molecule has 5 heteroatoms. The van der Waals surface area contributed by atoms with Crippen LogP contribution in [0.1, 0.15) is 43.2 Å². The third kappa shape index (κ3) is 2.69. The maximum Gasteiger partial charge on any atom is 0.160 e. The van der Waals surface area contributed by atoms with Crippen LogP contribution in [-0.2, 0) is 11.3 Å². The molecule has 0 spiro atoms. The topological polar surface area (TPSA) is 39.9 Å². The van der Waals surface area contributed by atoms with Gasteiger partial charge in [-0.1, -0.05) is 6.42 Å². The molecule has 0 N–H and O–H groups in total. The molecule has 2 aliphatic heterocycles. The minimum absolute atomic E-state index is 0.330. The third-order valence-electron chi connectivity index (χ3n) is 4.41. The van der Waals surface area contributed by atoms with Crippen LogP contribution in [0.5, 0.6) is 0 Å². The smallest absolute Gasteiger partial charge is 0.160 e. The van der Waals surface area contributed by atoms with Crippen LogP contribution in [0.25, 0.3) is 11.2 Å². The fraction of sp³-hybridized carbons (Fsp3) is 0.625. The Morgan fingerprint density at radius 2 is 2.29 bits per heavy atom. The maximum absolute atomic E-state index is 5.83. The van der Waals surface area contributed by atoms with E-state index in [2.05, 4.69) is 27.4 Å². The van der Waals surface area contributed by atoms with Crippen LogP contribution >= 0.6 is 11.8 Å². The summed E-state index contributed by atoms with van der Waals surface area (Å²) in [5.41, 5.74) is 2.05. The SMILES string of the molecule is c1cnc2c(c1)nc(C1CCCCS1)n2CC1CCCO1. The van der Waals surface area contributed by atoms with E-state index in [1.807, 2.05) is 12.3 Å². The molecule has 2 aromatic rings. The summed E-state index contributed by atoms with van der Waals surface area (Å²) in [4.78, 5) is 9.48. The Balaban J connectivity index is 1.72. The lowest BCUT2D eigenvalue weighted by Gasteiger charge is -2.22. The van der Waals surface area contributed by atoms with Crippen molar-refractivity contribution in [3.05, 3.63) is 24.2 Å². The van der Waals surface area contributed by atoms with Crippen LogP contribution in [0.4, 0.5) is 0 Å². The van der Waals surface area contributed by atoms with Crippen molar-refractivity contribution in [1.82, 2.24) is 14.5 Å². The summed E-state index contributed by atoms with van der Waals surface area (Å²) in [5, 5.41) is 0.523. The maximum atomic E-state index is 5.83. The zero-order chi connectivity index (χ0) is 14.1. The van der Waals surface area contributed by atoms with Gasteiger partial charge in [0.1, 0.15) is 11.3 Å². The summed E-state index contributed by atoms with van der Waals surface area (Å²) in [7, 11) is 0. The Bertz CT molecular complexity index is 615. The largest absolute Gasteiger partial charge is 0.376 e. The molecule has 0 aromatic carbocycles. The number of ether oxygens (including phenoxy) is 1. The lowest BCUT2D eigenvalue weighted by Crippen LogP contribution is -2.19. The molecule has 2 aromatic heterocycles. The van der Waals surface area contributed by atoms with Crippen LogP contribution in [0, 0.1) is 0 Å². The van der Waals surface area contributed by atoms with Gasteiger partial charge in [0, 0.05) is 12.8 Å². The van der Waals surface area contributed by atoms with E-state index in [-0.39, 0.29) is 0 Å². The average molecular weight is 303 g/mol. The Hall–Kier alpha value is -1.07. The van der Waals surface area contributed by atoms with E-state index < -0.39 is 0 Å². The van der Waals surface area contributed by atoms with Crippen LogP contribution in [-0.4, -0.2) is 33.0 Å². The number of aromatic nitrogens is 3. The predicted octanol–water partition coefficient (Wildman–Crippen LogP) is 3.57. The second-order valence-corrected chi connectivity index (χ2v) is 7.23. The van der Waals surface area contributed by atoms with Crippen molar-refractivity contribution in [3.63, 3.8) is 0 Å². The van der Waals surface area contributed by atoms with Crippen molar-refractivity contribution < 1.29 is 4.74 Å². The minimum Gasteiger partial charge on any atom is -0.376 e. The van der Waals surface area contributed by atoms with Gasteiger partial charge < -0.3 is 9.30 Å². The van der Waals surface area contributed by atoms with Crippen molar-refractivity contribution in [3.8, 4) is 0 Å². The van der Waals surface area contributed by atoms with E-state index in [0.717, 1.165) is 30.7 Å². The third-order valence-corrected chi connectivity index (χ3v) is 5.78. The first kappa shape index (κ1) is 13.6. The highest BCUT2D eigenvalue weighted by Gasteiger charge is 2.26. The number of nitrogens with zero attached hydrogens (tertiary/aromatic N) is 3. The number of rotatable bonds is 3. The number of fused-ring (bicyclic) bond motifs is 1. The number of hydrogen-bond acceptors (Lipinski definition) is 4. The number of imidazole rings is 1. The lowest BCUT2D eigenvalue weighted by molar-refractivity contribution is 0.0970. The van der Waals surface area contributed by atoms with Gasteiger partial charge in [0.15, 0.2) is 5.65 Å². The monoisotopic (exact) mass is 303 g/mol. The molecule has 2 atom stereocenters. The summed E-state index contributed by atoms with van der Waals surface area (Å²) in [6.07, 6.45) is 8.42. The van der Waals surface area contributed by atoms with Crippen LogP contribution < -0.4 is 0 Å². The van der Waals surface area contributed by atoms with Gasteiger partial charge in [-0.2, -0.15) is 11.8 Å². The molecule has 112 valence electrons. The van der Waals surface area contributed by atoms with Crippen molar-refractivity contribution in [2.45, 2.75) is 50.0 Å². The fourth-order valence-electron chi connectivity index (χ4n) is 3.34. The molecule has 21 heavy (non-hydrogen) atoms. The normalized spacial score (nSPS) is 26.5. The summed E-state index contributed by atoms with van der Waals surface area (Å²) < 4.78 is 8.16. The quantitative estimate of drug-likeness (QED) is 0.869. The molecule has 0 aliphatic carbocycles. The van der Waals surface area contributed by atoms with Crippen molar-refractivity contribution in [1.29, 1.82) is 0 Å². The van der Waals surface area contributed by atoms with E-state index >= 15 is 0 Å². The van der Waals surface area contributed by atoms with Gasteiger partial charge in [-0.05, 0) is 43.6 Å². The van der Waals surface area contributed by atoms with E-state index in [9.17, 15) is 0 Å². The van der Waals surface area contributed by atoms with E-state index in [1.54, 1.807) is 0 Å². The molecule has 4 heterocycles. The average Bonchev–Trinajstić information content (AvgIpc) is 3.17. The van der Waals surface area contributed by atoms with Gasteiger partial charge in [0.25, 0.3) is 0 Å². The first-order valence-electron chi connectivity index (χ1n) is 7.96. The summed E-state index contributed by atoms with van der Waals surface area (Å²) in [6.45, 7) is 1.80. The van der Waals surface area contributed by atoms with Crippen LogP contribution in [0.3, 0.4) is 0 Å². The molecule has 0 bridgehead atoms. The van der Waals surface area contributed by atoms with Gasteiger partial charge in [-0.25, -0.2) is 9.97 Å². The van der Waals surface area contributed by atoms with Crippen LogP contribution in [0.2, 0.25) is 0 Å². The Labute approximate surface area is 129 Å². The molecule has 2 aliphatic rings. The van der Waals surface area contributed by atoms with Gasteiger partial charge in [-0.3, -0.25) is 0 Å². The molecule has 0 radical (unpaired) electrons. The highest BCUT2D eigenvalue weighted by atomic mass is 32.2. The molecule has 2 saturated heterocycles. The van der Waals surface area contributed by atoms with Gasteiger partial charge in [-0.15, -0.1) is 0 Å². The number of thioether (sulfide) groups is 1. The minimum atomic E-state index is 0.330. The number of hydrogen-bond donors (Lipinski definition) is 0. The zero-order valence-corrected chi connectivity index (χ0v) is 13.0. The first-order chi connectivity index (χ1) is 10.4.